The molecular formula is C12H15N3O4. The minimum absolute atomic E-state index is 0.0586. The highest BCUT2D eigenvalue weighted by Gasteiger charge is 2.32. The van der Waals surface area contributed by atoms with Crippen molar-refractivity contribution in [2.24, 2.45) is 5.92 Å². The lowest BCUT2D eigenvalue weighted by Crippen LogP contribution is -2.31. The zero-order valence-electron chi connectivity index (χ0n) is 10.5. The molecule has 0 aliphatic carbocycles. The number of amides is 1. The third kappa shape index (κ3) is 4.84. The van der Waals surface area contributed by atoms with Crippen molar-refractivity contribution >= 4 is 12.1 Å². The number of hydrogen-bond acceptors (Lipinski definition) is 6. The molecule has 1 aliphatic heterocycles. The molecule has 0 radical (unpaired) electrons. The minimum Gasteiger partial charge on any atom is -0.464 e. The highest BCUT2D eigenvalue weighted by Crippen LogP contribution is 2.18. The lowest BCUT2D eigenvalue weighted by atomic mass is 10.1. The molecule has 0 aromatic carbocycles. The first-order valence-corrected chi connectivity index (χ1v) is 6.01. The van der Waals surface area contributed by atoms with E-state index in [1.54, 1.807) is 0 Å². The Balaban J connectivity index is 2.29. The molecule has 1 heterocycles. The van der Waals surface area contributed by atoms with Gasteiger partial charge in [0.25, 0.3) is 0 Å². The van der Waals surface area contributed by atoms with Gasteiger partial charge in [-0.3, -0.25) is 4.79 Å². The zero-order chi connectivity index (χ0) is 14.1. The summed E-state index contributed by atoms with van der Waals surface area (Å²) in [4.78, 5) is 24.6. The van der Waals surface area contributed by atoms with Crippen LogP contribution in [0, 0.1) is 28.6 Å². The Morgan fingerprint density at radius 3 is 2.42 bits per heavy atom. The molecule has 0 bridgehead atoms. The van der Waals surface area contributed by atoms with Crippen LogP contribution in [0.5, 0.6) is 0 Å². The topological polar surface area (TPSA) is 103 Å². The summed E-state index contributed by atoms with van der Waals surface area (Å²) < 4.78 is 9.77. The first kappa shape index (κ1) is 14.8. The molecule has 7 nitrogen and oxygen atoms in total. The quantitative estimate of drug-likeness (QED) is 0.538. The Kier molecular flexibility index (Phi) is 6.17. The first-order valence-electron chi connectivity index (χ1n) is 6.01. The molecule has 1 atom stereocenters. The van der Waals surface area contributed by atoms with E-state index < -0.39 is 6.09 Å². The number of esters is 1. The predicted molar refractivity (Wildman–Crippen MR) is 62.4 cm³/mol. The van der Waals surface area contributed by atoms with Gasteiger partial charge in [-0.2, -0.15) is 10.5 Å². The monoisotopic (exact) mass is 265 g/mol. The van der Waals surface area contributed by atoms with Gasteiger partial charge in [0.2, 0.25) is 0 Å². The lowest BCUT2D eigenvalue weighted by molar-refractivity contribution is -0.147. The van der Waals surface area contributed by atoms with E-state index in [9.17, 15) is 9.59 Å². The summed E-state index contributed by atoms with van der Waals surface area (Å²) in [5, 5.41) is 16.7. The smallest absolute Gasteiger partial charge is 0.409 e. The fourth-order valence-electron chi connectivity index (χ4n) is 1.71. The summed E-state index contributed by atoms with van der Waals surface area (Å²) in [6.45, 7) is 0.835. The summed E-state index contributed by atoms with van der Waals surface area (Å²) in [7, 11) is 0. The zero-order valence-corrected chi connectivity index (χ0v) is 10.5. The van der Waals surface area contributed by atoms with Crippen molar-refractivity contribution in [2.75, 3.05) is 26.3 Å². The molecule has 0 aromatic heterocycles. The third-order valence-electron chi connectivity index (χ3n) is 2.68. The fourth-order valence-corrected chi connectivity index (χ4v) is 1.71. The second-order valence-corrected chi connectivity index (χ2v) is 4.03. The van der Waals surface area contributed by atoms with Crippen molar-refractivity contribution in [1.82, 2.24) is 4.90 Å². The summed E-state index contributed by atoms with van der Waals surface area (Å²) >= 11 is 0. The average molecular weight is 265 g/mol. The van der Waals surface area contributed by atoms with Gasteiger partial charge in [0, 0.05) is 13.1 Å². The van der Waals surface area contributed by atoms with Crippen molar-refractivity contribution in [3.8, 4) is 12.1 Å². The summed E-state index contributed by atoms with van der Waals surface area (Å²) in [5.74, 6) is -0.746. The Morgan fingerprint density at radius 1 is 1.16 bits per heavy atom. The van der Waals surface area contributed by atoms with Crippen molar-refractivity contribution in [1.29, 1.82) is 10.5 Å². The number of rotatable bonds is 5. The van der Waals surface area contributed by atoms with Crippen LogP contribution >= 0.6 is 0 Å². The van der Waals surface area contributed by atoms with Crippen LogP contribution < -0.4 is 0 Å². The van der Waals surface area contributed by atoms with Crippen LogP contribution in [0.4, 0.5) is 4.79 Å². The highest BCUT2D eigenvalue weighted by molar-refractivity contribution is 5.75. The van der Waals surface area contributed by atoms with E-state index in [1.165, 1.54) is 4.90 Å². The molecule has 1 aliphatic rings. The molecule has 1 fully saturated rings. The van der Waals surface area contributed by atoms with Gasteiger partial charge < -0.3 is 14.4 Å². The van der Waals surface area contributed by atoms with E-state index in [2.05, 4.69) is 0 Å². The van der Waals surface area contributed by atoms with Crippen molar-refractivity contribution in [3.63, 3.8) is 0 Å². The van der Waals surface area contributed by atoms with E-state index in [1.807, 2.05) is 12.1 Å². The predicted octanol–water partition coefficient (Wildman–Crippen LogP) is 0.815. The molecular weight excluding hydrogens is 250 g/mol. The molecule has 0 spiro atoms. The molecule has 102 valence electrons. The van der Waals surface area contributed by atoms with Crippen molar-refractivity contribution in [2.45, 2.75) is 19.3 Å². The van der Waals surface area contributed by atoms with Crippen molar-refractivity contribution < 1.29 is 19.1 Å². The van der Waals surface area contributed by atoms with Gasteiger partial charge >= 0.3 is 12.1 Å². The minimum atomic E-state index is -0.512. The van der Waals surface area contributed by atoms with Gasteiger partial charge in [0.05, 0.1) is 30.9 Å². The van der Waals surface area contributed by atoms with Crippen molar-refractivity contribution in [3.05, 3.63) is 0 Å². The molecule has 1 amide bonds. The average Bonchev–Trinajstić information content (AvgIpc) is 2.89. The van der Waals surface area contributed by atoms with Gasteiger partial charge in [-0.05, 0) is 6.42 Å². The second-order valence-electron chi connectivity index (χ2n) is 4.03. The standard InChI is InChI=1S/C12H15N3O4/c13-4-1-7-18-11(16)10-3-6-15(9-10)12(17)19-8-2-5-14/h10H,1-3,6-9H2. The van der Waals surface area contributed by atoms with Gasteiger partial charge in [-0.1, -0.05) is 0 Å². The van der Waals surface area contributed by atoms with E-state index in [-0.39, 0.29) is 44.5 Å². The SMILES string of the molecule is N#CCCOC(=O)C1CCN(C(=O)OCCC#N)C1. The van der Waals surface area contributed by atoms with E-state index in [0.717, 1.165) is 0 Å². The fraction of sp³-hybridized carbons (Fsp3) is 0.667. The number of nitrogens with zero attached hydrogens (tertiary/aromatic N) is 3. The van der Waals surface area contributed by atoms with Crippen LogP contribution in [0.1, 0.15) is 19.3 Å². The Morgan fingerprint density at radius 2 is 1.79 bits per heavy atom. The van der Waals surface area contributed by atoms with E-state index in [4.69, 9.17) is 20.0 Å². The normalized spacial score (nSPS) is 17.4. The van der Waals surface area contributed by atoms with Crippen LogP contribution in [0.15, 0.2) is 0 Å². The highest BCUT2D eigenvalue weighted by atomic mass is 16.6. The third-order valence-corrected chi connectivity index (χ3v) is 2.68. The van der Waals surface area contributed by atoms with Crippen LogP contribution in [-0.2, 0) is 14.3 Å². The van der Waals surface area contributed by atoms with E-state index >= 15 is 0 Å². The number of likely N-dealkylation sites (tertiary alicyclic amines) is 1. The van der Waals surface area contributed by atoms with Gasteiger partial charge in [0.1, 0.15) is 13.2 Å². The second kappa shape index (κ2) is 7.93. The largest absolute Gasteiger partial charge is 0.464 e. The lowest BCUT2D eigenvalue weighted by Gasteiger charge is -2.15. The Hall–Kier alpha value is -2.28. The summed E-state index contributed by atoms with van der Waals surface area (Å²) in [6.07, 6.45) is 0.332. The maximum absolute atomic E-state index is 11.6. The number of hydrogen-bond donors (Lipinski definition) is 0. The first-order chi connectivity index (χ1) is 9.19. The Bertz CT molecular complexity index is 372. The number of ether oxygens (including phenoxy) is 2. The van der Waals surface area contributed by atoms with E-state index in [0.29, 0.717) is 13.0 Å². The molecule has 7 heteroatoms. The molecule has 1 unspecified atom stereocenters. The molecule has 0 saturated carbocycles. The molecule has 0 aromatic rings. The molecule has 1 rings (SSSR count). The molecule has 1 saturated heterocycles. The van der Waals surface area contributed by atoms with Crippen LogP contribution in [-0.4, -0.2) is 43.3 Å². The molecule has 0 N–H and O–H groups in total. The van der Waals surface area contributed by atoms with Gasteiger partial charge in [0.15, 0.2) is 0 Å². The number of carbonyl (C=O) groups excluding carboxylic acids is 2. The van der Waals surface area contributed by atoms with Crippen LogP contribution in [0.3, 0.4) is 0 Å². The van der Waals surface area contributed by atoms with Crippen LogP contribution in [0.2, 0.25) is 0 Å². The van der Waals surface area contributed by atoms with Crippen LogP contribution in [0.25, 0.3) is 0 Å². The summed E-state index contributed by atoms with van der Waals surface area (Å²) in [5.41, 5.74) is 0. The Labute approximate surface area is 111 Å². The van der Waals surface area contributed by atoms with Gasteiger partial charge in [-0.15, -0.1) is 0 Å². The molecule has 19 heavy (non-hydrogen) atoms. The van der Waals surface area contributed by atoms with Gasteiger partial charge in [-0.25, -0.2) is 4.79 Å². The number of carbonyl (C=O) groups is 2. The maximum Gasteiger partial charge on any atom is 0.409 e. The number of nitriles is 2. The summed E-state index contributed by atoms with van der Waals surface area (Å²) in [6, 6.07) is 3.75. The maximum atomic E-state index is 11.6.